The van der Waals surface area contributed by atoms with Crippen LogP contribution in [0.1, 0.15) is 19.4 Å². The molecule has 0 heterocycles. The molecule has 0 radical (unpaired) electrons. The smallest absolute Gasteiger partial charge is 0.315 e. The zero-order valence-electron chi connectivity index (χ0n) is 16.5. The lowest BCUT2D eigenvalue weighted by Crippen LogP contribution is -2.39. The Bertz CT molecular complexity index is 911. The Morgan fingerprint density at radius 2 is 1.52 bits per heavy atom. The van der Waals surface area contributed by atoms with Crippen molar-refractivity contribution in [1.82, 2.24) is 14.9 Å². The number of sulfonamides is 1. The van der Waals surface area contributed by atoms with Gasteiger partial charge in [0.1, 0.15) is 0 Å². The molecule has 0 spiro atoms. The maximum Gasteiger partial charge on any atom is 0.315 e. The summed E-state index contributed by atoms with van der Waals surface area (Å²) in [6.07, 6.45) is 0. The molecule has 0 saturated carbocycles. The molecule has 8 nitrogen and oxygen atoms in total. The summed E-state index contributed by atoms with van der Waals surface area (Å²) >= 11 is 0. The summed E-state index contributed by atoms with van der Waals surface area (Å²) in [6, 6.07) is 14.9. The fourth-order valence-electron chi connectivity index (χ4n) is 2.63. The third-order valence-electron chi connectivity index (χ3n) is 4.19. The van der Waals surface area contributed by atoms with E-state index in [-0.39, 0.29) is 11.4 Å². The van der Waals surface area contributed by atoms with Crippen LogP contribution in [0.2, 0.25) is 0 Å². The van der Waals surface area contributed by atoms with E-state index in [0.717, 1.165) is 5.56 Å². The number of urea groups is 1. The monoisotopic (exact) mass is 418 g/mol. The third-order valence-corrected chi connectivity index (χ3v) is 6.25. The van der Waals surface area contributed by atoms with Crippen LogP contribution in [-0.2, 0) is 21.4 Å². The molecule has 9 heteroatoms. The molecule has 0 aliphatic carbocycles. The number of nitrogens with one attached hydrogen (secondary N) is 3. The van der Waals surface area contributed by atoms with Gasteiger partial charge in [0.15, 0.2) is 0 Å². The van der Waals surface area contributed by atoms with E-state index < -0.39 is 22.0 Å². The van der Waals surface area contributed by atoms with Crippen LogP contribution in [0, 0.1) is 0 Å². The van der Waals surface area contributed by atoms with E-state index in [1.807, 2.05) is 30.3 Å². The first-order valence-corrected chi connectivity index (χ1v) is 10.8. The van der Waals surface area contributed by atoms with E-state index in [2.05, 4.69) is 16.0 Å². The molecule has 2 rings (SSSR count). The minimum absolute atomic E-state index is 0.164. The second-order valence-corrected chi connectivity index (χ2v) is 8.12. The summed E-state index contributed by atoms with van der Waals surface area (Å²) in [6.45, 7) is 4.47. The molecule has 0 aromatic heterocycles. The molecule has 3 amide bonds. The Kier molecular flexibility index (Phi) is 8.17. The minimum atomic E-state index is -3.54. The number of hydrogen-bond acceptors (Lipinski definition) is 4. The standard InChI is InChI=1S/C20H26N4O4S/c1-3-24(4-2)29(27,28)18-12-10-17(11-13-18)23-19(25)15-22-20(26)21-14-16-8-6-5-7-9-16/h5-13H,3-4,14-15H2,1-2H3,(H,23,25)(H2,21,22,26). The van der Waals surface area contributed by atoms with Gasteiger partial charge in [-0.2, -0.15) is 4.31 Å². The molecular formula is C20H26N4O4S. The predicted molar refractivity (Wildman–Crippen MR) is 112 cm³/mol. The van der Waals surface area contributed by atoms with Gasteiger partial charge in [0.2, 0.25) is 15.9 Å². The molecular weight excluding hydrogens is 392 g/mol. The quantitative estimate of drug-likeness (QED) is 0.580. The maximum absolute atomic E-state index is 12.5. The van der Waals surface area contributed by atoms with Gasteiger partial charge in [-0.3, -0.25) is 4.79 Å². The summed E-state index contributed by atoms with van der Waals surface area (Å²) in [5.74, 6) is -0.417. The molecule has 0 aliphatic heterocycles. The Hall–Kier alpha value is -2.91. The second kappa shape index (κ2) is 10.6. The molecule has 29 heavy (non-hydrogen) atoms. The molecule has 156 valence electrons. The van der Waals surface area contributed by atoms with Crippen molar-refractivity contribution in [3.8, 4) is 0 Å². The first-order chi connectivity index (χ1) is 13.9. The fourth-order valence-corrected chi connectivity index (χ4v) is 4.09. The van der Waals surface area contributed by atoms with E-state index >= 15 is 0 Å². The topological polar surface area (TPSA) is 108 Å². The summed E-state index contributed by atoms with van der Waals surface area (Å²) < 4.78 is 26.3. The Morgan fingerprint density at radius 1 is 0.897 bits per heavy atom. The molecule has 0 fully saturated rings. The third kappa shape index (κ3) is 6.58. The maximum atomic E-state index is 12.5. The van der Waals surface area contributed by atoms with Crippen LogP contribution < -0.4 is 16.0 Å². The zero-order valence-corrected chi connectivity index (χ0v) is 17.3. The van der Waals surface area contributed by atoms with Crippen molar-refractivity contribution >= 4 is 27.6 Å². The number of benzene rings is 2. The lowest BCUT2D eigenvalue weighted by molar-refractivity contribution is -0.115. The number of nitrogens with zero attached hydrogens (tertiary/aromatic N) is 1. The summed E-state index contributed by atoms with van der Waals surface area (Å²) in [5.41, 5.74) is 1.40. The van der Waals surface area contributed by atoms with Crippen LogP contribution in [0.5, 0.6) is 0 Å². The van der Waals surface area contributed by atoms with Gasteiger partial charge in [0.25, 0.3) is 0 Å². The number of carbonyl (C=O) groups excluding carboxylic acids is 2. The van der Waals surface area contributed by atoms with E-state index in [1.54, 1.807) is 13.8 Å². The highest BCUT2D eigenvalue weighted by molar-refractivity contribution is 7.89. The van der Waals surface area contributed by atoms with Crippen molar-refractivity contribution in [3.05, 3.63) is 60.2 Å². The average molecular weight is 419 g/mol. The van der Waals surface area contributed by atoms with Crippen LogP contribution in [0.15, 0.2) is 59.5 Å². The summed E-state index contributed by atoms with van der Waals surface area (Å²) in [4.78, 5) is 23.9. The fraction of sp³-hybridized carbons (Fsp3) is 0.300. The molecule has 0 aliphatic rings. The van der Waals surface area contributed by atoms with Gasteiger partial charge in [-0.1, -0.05) is 44.2 Å². The number of anilines is 1. The van der Waals surface area contributed by atoms with Crippen LogP contribution in [0.4, 0.5) is 10.5 Å². The molecule has 3 N–H and O–H groups in total. The van der Waals surface area contributed by atoms with E-state index in [4.69, 9.17) is 0 Å². The highest BCUT2D eigenvalue weighted by Gasteiger charge is 2.21. The van der Waals surface area contributed by atoms with Gasteiger partial charge >= 0.3 is 6.03 Å². The number of hydrogen-bond donors (Lipinski definition) is 3. The van der Waals surface area contributed by atoms with E-state index in [1.165, 1.54) is 28.6 Å². The molecule has 0 unspecified atom stereocenters. The van der Waals surface area contributed by atoms with Gasteiger partial charge < -0.3 is 16.0 Å². The van der Waals surface area contributed by atoms with Crippen LogP contribution in [0.25, 0.3) is 0 Å². The van der Waals surface area contributed by atoms with Crippen molar-refractivity contribution in [2.45, 2.75) is 25.3 Å². The molecule has 2 aromatic rings. The first kappa shape index (κ1) is 22.4. The van der Waals surface area contributed by atoms with Crippen molar-refractivity contribution in [3.63, 3.8) is 0 Å². The van der Waals surface area contributed by atoms with Crippen LogP contribution in [-0.4, -0.2) is 44.3 Å². The average Bonchev–Trinajstić information content (AvgIpc) is 2.72. The Balaban J connectivity index is 1.82. The van der Waals surface area contributed by atoms with Gasteiger partial charge in [-0.05, 0) is 29.8 Å². The zero-order chi connectivity index (χ0) is 21.3. The van der Waals surface area contributed by atoms with Gasteiger partial charge in [0, 0.05) is 25.3 Å². The second-order valence-electron chi connectivity index (χ2n) is 6.18. The van der Waals surface area contributed by atoms with E-state index in [0.29, 0.717) is 25.3 Å². The molecule has 0 bridgehead atoms. The molecule has 0 atom stereocenters. The first-order valence-electron chi connectivity index (χ1n) is 9.32. The number of rotatable bonds is 9. The van der Waals surface area contributed by atoms with Gasteiger partial charge in [-0.25, -0.2) is 13.2 Å². The molecule has 0 saturated heterocycles. The van der Waals surface area contributed by atoms with Crippen molar-refractivity contribution in [2.75, 3.05) is 25.0 Å². The van der Waals surface area contributed by atoms with Crippen LogP contribution >= 0.6 is 0 Å². The normalized spacial score (nSPS) is 11.1. The highest BCUT2D eigenvalue weighted by atomic mass is 32.2. The SMILES string of the molecule is CCN(CC)S(=O)(=O)c1ccc(NC(=O)CNC(=O)NCc2ccccc2)cc1. The van der Waals surface area contributed by atoms with Crippen LogP contribution in [0.3, 0.4) is 0 Å². The summed E-state index contributed by atoms with van der Waals surface area (Å²) in [7, 11) is -3.54. The predicted octanol–water partition coefficient (Wildman–Crippen LogP) is 2.16. The largest absolute Gasteiger partial charge is 0.334 e. The summed E-state index contributed by atoms with van der Waals surface area (Å²) in [5, 5.41) is 7.75. The highest BCUT2D eigenvalue weighted by Crippen LogP contribution is 2.18. The van der Waals surface area contributed by atoms with Crippen molar-refractivity contribution < 1.29 is 18.0 Å². The lowest BCUT2D eigenvalue weighted by atomic mass is 10.2. The Labute approximate surface area is 171 Å². The van der Waals surface area contributed by atoms with Crippen molar-refractivity contribution in [2.24, 2.45) is 0 Å². The lowest BCUT2D eigenvalue weighted by Gasteiger charge is -2.18. The van der Waals surface area contributed by atoms with Gasteiger partial charge in [0.05, 0.1) is 11.4 Å². The Morgan fingerprint density at radius 3 is 2.10 bits per heavy atom. The van der Waals surface area contributed by atoms with Crippen molar-refractivity contribution in [1.29, 1.82) is 0 Å². The number of amides is 3. The van der Waals surface area contributed by atoms with Gasteiger partial charge in [-0.15, -0.1) is 0 Å². The van der Waals surface area contributed by atoms with E-state index in [9.17, 15) is 18.0 Å². The molecule has 2 aromatic carbocycles. The minimum Gasteiger partial charge on any atom is -0.334 e. The number of carbonyl (C=O) groups is 2.